The zero-order valence-electron chi connectivity index (χ0n) is 7.66. The molecule has 1 unspecified atom stereocenters. The van der Waals surface area contributed by atoms with E-state index in [2.05, 4.69) is 12.6 Å². The van der Waals surface area contributed by atoms with E-state index >= 15 is 0 Å². The predicted octanol–water partition coefficient (Wildman–Crippen LogP) is 0.698. The number of carbonyl (C=O) groups excluding carboxylic acids is 1. The summed E-state index contributed by atoms with van der Waals surface area (Å²) in [7, 11) is 0. The first-order chi connectivity index (χ1) is 6.28. The van der Waals surface area contributed by atoms with Crippen LogP contribution in [0.2, 0.25) is 0 Å². The summed E-state index contributed by atoms with van der Waals surface area (Å²) < 4.78 is 5.39. The maximum atomic E-state index is 11.6. The van der Waals surface area contributed by atoms with Gasteiger partial charge in [-0.3, -0.25) is 4.79 Å². The van der Waals surface area contributed by atoms with Crippen LogP contribution >= 0.6 is 12.6 Å². The molecular formula is C9H15NO2S. The van der Waals surface area contributed by atoms with Gasteiger partial charge in [0.25, 0.3) is 0 Å². The molecule has 0 bridgehead atoms. The Kier molecular flexibility index (Phi) is 2.51. The van der Waals surface area contributed by atoms with Gasteiger partial charge in [0.15, 0.2) is 0 Å². The molecule has 74 valence electrons. The summed E-state index contributed by atoms with van der Waals surface area (Å²) >= 11 is 4.03. The average molecular weight is 201 g/mol. The number of rotatable bonds is 1. The van der Waals surface area contributed by atoms with Crippen molar-refractivity contribution in [3.63, 3.8) is 0 Å². The maximum absolute atomic E-state index is 11.6. The molecule has 3 nitrogen and oxygen atoms in total. The van der Waals surface area contributed by atoms with E-state index in [1.54, 1.807) is 0 Å². The second-order valence-electron chi connectivity index (χ2n) is 3.83. The average Bonchev–Trinajstić information content (AvgIpc) is 2.76. The van der Waals surface area contributed by atoms with Gasteiger partial charge >= 0.3 is 0 Å². The molecule has 2 fully saturated rings. The third-order valence-electron chi connectivity index (χ3n) is 3.12. The smallest absolute Gasteiger partial charge is 0.232 e. The Morgan fingerprint density at radius 1 is 1.54 bits per heavy atom. The van der Waals surface area contributed by atoms with Crippen LogP contribution in [0.25, 0.3) is 0 Å². The van der Waals surface area contributed by atoms with Crippen LogP contribution in [-0.4, -0.2) is 41.9 Å². The lowest BCUT2D eigenvalue weighted by Crippen LogP contribution is -2.48. The van der Waals surface area contributed by atoms with Gasteiger partial charge in [0.05, 0.1) is 17.9 Å². The number of hydrogen-bond acceptors (Lipinski definition) is 3. The highest BCUT2D eigenvalue weighted by molar-refractivity contribution is 7.81. The van der Waals surface area contributed by atoms with Crippen LogP contribution in [-0.2, 0) is 9.53 Å². The Hall–Kier alpha value is -0.220. The molecule has 1 amide bonds. The van der Waals surface area contributed by atoms with Crippen molar-refractivity contribution in [2.45, 2.75) is 24.8 Å². The quantitative estimate of drug-likeness (QED) is 0.633. The van der Waals surface area contributed by atoms with Crippen LogP contribution in [0, 0.1) is 0 Å². The van der Waals surface area contributed by atoms with E-state index in [9.17, 15) is 4.79 Å². The van der Waals surface area contributed by atoms with Gasteiger partial charge in [0.2, 0.25) is 5.91 Å². The van der Waals surface area contributed by atoms with Crippen LogP contribution in [0.3, 0.4) is 0 Å². The number of ether oxygens (including phenoxy) is 1. The van der Waals surface area contributed by atoms with Gasteiger partial charge in [-0.25, -0.2) is 0 Å². The predicted molar refractivity (Wildman–Crippen MR) is 53.0 cm³/mol. The Bertz CT molecular complexity index is 208. The second-order valence-corrected chi connectivity index (χ2v) is 4.15. The number of amides is 1. The van der Waals surface area contributed by atoms with E-state index < -0.39 is 0 Å². The standard InChI is InChI=1S/C9H15NO2S/c11-8(6-13)10-4-1-2-9(10)3-5-12-7-9/h13H,1-7H2. The number of hydrogen-bond donors (Lipinski definition) is 1. The minimum atomic E-state index is 0.0415. The van der Waals surface area contributed by atoms with E-state index in [1.165, 1.54) is 0 Å². The fourth-order valence-corrected chi connectivity index (χ4v) is 2.59. The van der Waals surface area contributed by atoms with Crippen molar-refractivity contribution in [2.24, 2.45) is 0 Å². The summed E-state index contributed by atoms with van der Waals surface area (Å²) in [4.78, 5) is 13.5. The van der Waals surface area contributed by atoms with E-state index in [4.69, 9.17) is 4.74 Å². The molecule has 2 saturated heterocycles. The summed E-state index contributed by atoms with van der Waals surface area (Å²) in [6.45, 7) is 2.42. The van der Waals surface area contributed by atoms with E-state index in [1.807, 2.05) is 4.90 Å². The van der Waals surface area contributed by atoms with Gasteiger partial charge in [-0.1, -0.05) is 0 Å². The molecule has 0 aromatic carbocycles. The minimum Gasteiger partial charge on any atom is -0.379 e. The SMILES string of the molecule is O=C(CS)N1CCCC12CCOC2. The zero-order chi connectivity index (χ0) is 9.31. The molecule has 2 rings (SSSR count). The Balaban J connectivity index is 2.13. The van der Waals surface area contributed by atoms with Crippen molar-refractivity contribution in [3.8, 4) is 0 Å². The summed E-state index contributed by atoms with van der Waals surface area (Å²) in [5.74, 6) is 0.480. The Labute approximate surface area is 83.8 Å². The lowest BCUT2D eigenvalue weighted by atomic mass is 9.95. The van der Waals surface area contributed by atoms with E-state index in [0.717, 1.165) is 39.0 Å². The van der Waals surface area contributed by atoms with Crippen LogP contribution < -0.4 is 0 Å². The monoisotopic (exact) mass is 201 g/mol. The number of likely N-dealkylation sites (tertiary alicyclic amines) is 1. The zero-order valence-corrected chi connectivity index (χ0v) is 8.56. The summed E-state index contributed by atoms with van der Waals surface area (Å²) in [5, 5.41) is 0. The molecule has 2 aliphatic rings. The van der Waals surface area contributed by atoms with Gasteiger partial charge in [0.1, 0.15) is 0 Å². The first-order valence-electron chi connectivity index (χ1n) is 4.78. The van der Waals surface area contributed by atoms with Crippen molar-refractivity contribution in [1.82, 2.24) is 4.90 Å². The first kappa shape index (κ1) is 9.34. The largest absolute Gasteiger partial charge is 0.379 e. The Morgan fingerprint density at radius 3 is 3.00 bits per heavy atom. The molecule has 13 heavy (non-hydrogen) atoms. The summed E-state index contributed by atoms with van der Waals surface area (Å²) in [5.41, 5.74) is 0.0415. The lowest BCUT2D eigenvalue weighted by molar-refractivity contribution is -0.132. The van der Waals surface area contributed by atoms with Gasteiger partial charge in [-0.2, -0.15) is 12.6 Å². The molecule has 2 heterocycles. The van der Waals surface area contributed by atoms with Crippen LogP contribution in [0.5, 0.6) is 0 Å². The molecule has 0 saturated carbocycles. The van der Waals surface area contributed by atoms with E-state index in [-0.39, 0.29) is 11.4 Å². The fourth-order valence-electron chi connectivity index (χ4n) is 2.42. The third-order valence-corrected chi connectivity index (χ3v) is 3.39. The van der Waals surface area contributed by atoms with Crippen LogP contribution in [0.1, 0.15) is 19.3 Å². The molecule has 0 aromatic heterocycles. The molecule has 0 radical (unpaired) electrons. The number of carbonyl (C=O) groups is 1. The van der Waals surface area contributed by atoms with Gasteiger partial charge in [0, 0.05) is 13.2 Å². The normalized spacial score (nSPS) is 33.2. The van der Waals surface area contributed by atoms with Crippen molar-refractivity contribution in [2.75, 3.05) is 25.5 Å². The summed E-state index contributed by atoms with van der Waals surface area (Å²) in [6, 6.07) is 0. The highest BCUT2D eigenvalue weighted by Gasteiger charge is 2.45. The topological polar surface area (TPSA) is 29.5 Å². The number of nitrogens with zero attached hydrogens (tertiary/aromatic N) is 1. The minimum absolute atomic E-state index is 0.0415. The molecule has 0 aromatic rings. The van der Waals surface area contributed by atoms with E-state index in [0.29, 0.717) is 5.75 Å². The lowest BCUT2D eigenvalue weighted by Gasteiger charge is -2.33. The number of thiol groups is 1. The fraction of sp³-hybridized carbons (Fsp3) is 0.889. The van der Waals surface area contributed by atoms with Gasteiger partial charge in [-0.05, 0) is 19.3 Å². The third kappa shape index (κ3) is 1.46. The van der Waals surface area contributed by atoms with Gasteiger partial charge in [-0.15, -0.1) is 0 Å². The van der Waals surface area contributed by atoms with Crippen molar-refractivity contribution in [1.29, 1.82) is 0 Å². The highest BCUT2D eigenvalue weighted by atomic mass is 32.1. The van der Waals surface area contributed by atoms with Gasteiger partial charge < -0.3 is 9.64 Å². The maximum Gasteiger partial charge on any atom is 0.232 e. The van der Waals surface area contributed by atoms with Crippen LogP contribution in [0.4, 0.5) is 0 Å². The molecule has 2 aliphatic heterocycles. The molecule has 4 heteroatoms. The van der Waals surface area contributed by atoms with Crippen molar-refractivity contribution in [3.05, 3.63) is 0 Å². The molecule has 1 spiro atoms. The molecule has 1 atom stereocenters. The molecule has 0 N–H and O–H groups in total. The Morgan fingerprint density at radius 2 is 2.38 bits per heavy atom. The molecular weight excluding hydrogens is 186 g/mol. The van der Waals surface area contributed by atoms with Crippen molar-refractivity contribution >= 4 is 18.5 Å². The van der Waals surface area contributed by atoms with Crippen molar-refractivity contribution < 1.29 is 9.53 Å². The second kappa shape index (κ2) is 3.50. The summed E-state index contributed by atoms with van der Waals surface area (Å²) in [6.07, 6.45) is 3.22. The highest BCUT2D eigenvalue weighted by Crippen LogP contribution is 2.36. The first-order valence-corrected chi connectivity index (χ1v) is 5.41. The molecule has 0 aliphatic carbocycles. The van der Waals surface area contributed by atoms with Crippen LogP contribution in [0.15, 0.2) is 0 Å².